The first-order valence-electron chi connectivity index (χ1n) is 6.53. The van der Waals surface area contributed by atoms with E-state index in [4.69, 9.17) is 5.73 Å². The molecule has 1 rings (SSSR count). The average Bonchev–Trinajstić information content (AvgIpc) is 2.36. The summed E-state index contributed by atoms with van der Waals surface area (Å²) in [5.74, 6) is -0.224. The molecule has 0 radical (unpaired) electrons. The number of likely N-dealkylation sites (N-methyl/N-ethyl adjacent to an activating group) is 1. The number of hydrogen-bond donors (Lipinski definition) is 1. The zero-order valence-electron chi connectivity index (χ0n) is 11.1. The lowest BCUT2D eigenvalue weighted by atomic mass is 10.0. The van der Waals surface area contributed by atoms with Crippen LogP contribution in [-0.2, 0) is 0 Å². The molecule has 0 aromatic heterocycles. The number of nitrogens with zero attached hydrogens (tertiary/aromatic N) is 1. The van der Waals surface area contributed by atoms with E-state index in [-0.39, 0.29) is 11.9 Å². The van der Waals surface area contributed by atoms with Crippen molar-refractivity contribution in [1.82, 2.24) is 4.90 Å². The smallest absolute Gasteiger partial charge is 0.124 e. The Labute approximate surface area is 117 Å². The van der Waals surface area contributed by atoms with Crippen LogP contribution in [-0.4, -0.2) is 24.5 Å². The van der Waals surface area contributed by atoms with Crippen molar-refractivity contribution in [2.24, 2.45) is 5.73 Å². The van der Waals surface area contributed by atoms with E-state index in [1.54, 1.807) is 0 Å². The van der Waals surface area contributed by atoms with Gasteiger partial charge in [-0.25, -0.2) is 4.39 Å². The third kappa shape index (κ3) is 4.04. The van der Waals surface area contributed by atoms with E-state index in [0.717, 1.165) is 29.5 Å². The molecule has 2 nitrogen and oxygen atoms in total. The fourth-order valence-corrected chi connectivity index (χ4v) is 2.76. The molecule has 0 fully saturated rings. The van der Waals surface area contributed by atoms with Crippen molar-refractivity contribution in [1.29, 1.82) is 0 Å². The molecule has 0 aliphatic rings. The first-order valence-corrected chi connectivity index (χ1v) is 7.32. The van der Waals surface area contributed by atoms with Crippen LogP contribution in [0, 0.1) is 5.82 Å². The lowest BCUT2D eigenvalue weighted by Gasteiger charge is -2.30. The molecule has 1 atom stereocenters. The maximum Gasteiger partial charge on any atom is 0.124 e. The predicted octanol–water partition coefficient (Wildman–Crippen LogP) is 3.71. The molecule has 4 heteroatoms. The Bertz CT molecular complexity index is 371. The highest BCUT2D eigenvalue weighted by Gasteiger charge is 2.19. The highest BCUT2D eigenvalue weighted by Crippen LogP contribution is 2.28. The van der Waals surface area contributed by atoms with Crippen molar-refractivity contribution in [3.8, 4) is 0 Å². The van der Waals surface area contributed by atoms with Gasteiger partial charge in [0.1, 0.15) is 5.82 Å². The molecule has 1 aromatic carbocycles. The Hall–Kier alpha value is -0.450. The zero-order valence-corrected chi connectivity index (χ0v) is 12.7. The zero-order chi connectivity index (χ0) is 13.5. The SMILES string of the molecule is CCCCN(CC)C(CN)c1ccc(F)cc1Br. The molecule has 2 N–H and O–H groups in total. The number of rotatable bonds is 7. The fraction of sp³-hybridized carbons (Fsp3) is 0.571. The van der Waals surface area contributed by atoms with E-state index in [1.807, 2.05) is 6.07 Å². The Morgan fingerprint density at radius 2 is 2.11 bits per heavy atom. The molecule has 0 spiro atoms. The van der Waals surface area contributed by atoms with Crippen molar-refractivity contribution in [2.75, 3.05) is 19.6 Å². The normalized spacial score (nSPS) is 13.0. The third-order valence-electron chi connectivity index (χ3n) is 3.19. The van der Waals surface area contributed by atoms with E-state index in [9.17, 15) is 4.39 Å². The molecule has 0 saturated carbocycles. The van der Waals surface area contributed by atoms with Crippen LogP contribution in [0.5, 0.6) is 0 Å². The highest BCUT2D eigenvalue weighted by atomic mass is 79.9. The molecular formula is C14H22BrFN2. The Kier molecular flexibility index (Phi) is 6.82. The summed E-state index contributed by atoms with van der Waals surface area (Å²) in [5.41, 5.74) is 6.97. The molecule has 0 amide bonds. The van der Waals surface area contributed by atoms with Crippen molar-refractivity contribution in [2.45, 2.75) is 32.7 Å². The van der Waals surface area contributed by atoms with Crippen LogP contribution >= 0.6 is 15.9 Å². The van der Waals surface area contributed by atoms with Crippen LogP contribution in [0.2, 0.25) is 0 Å². The van der Waals surface area contributed by atoms with E-state index >= 15 is 0 Å². The molecule has 1 aromatic rings. The monoisotopic (exact) mass is 316 g/mol. The van der Waals surface area contributed by atoms with Crippen LogP contribution < -0.4 is 5.73 Å². The van der Waals surface area contributed by atoms with Gasteiger partial charge in [-0.1, -0.05) is 42.3 Å². The van der Waals surface area contributed by atoms with Gasteiger partial charge in [-0.3, -0.25) is 4.90 Å². The Balaban J connectivity index is 2.92. The lowest BCUT2D eigenvalue weighted by molar-refractivity contribution is 0.208. The van der Waals surface area contributed by atoms with Crippen LogP contribution in [0.3, 0.4) is 0 Å². The molecule has 0 aliphatic carbocycles. The molecule has 18 heavy (non-hydrogen) atoms. The summed E-state index contributed by atoms with van der Waals surface area (Å²) in [5, 5.41) is 0. The standard InChI is InChI=1S/C14H22BrFN2/c1-3-5-8-18(4-2)14(10-17)12-7-6-11(16)9-13(12)15/h6-7,9,14H,3-5,8,10,17H2,1-2H3. The number of benzene rings is 1. The molecule has 0 aliphatic heterocycles. The minimum absolute atomic E-state index is 0.150. The van der Waals surface area contributed by atoms with Gasteiger partial charge in [0.25, 0.3) is 0 Å². The minimum Gasteiger partial charge on any atom is -0.329 e. The van der Waals surface area contributed by atoms with Crippen molar-refractivity contribution in [3.63, 3.8) is 0 Å². The fourth-order valence-electron chi connectivity index (χ4n) is 2.14. The van der Waals surface area contributed by atoms with Gasteiger partial charge in [-0.2, -0.15) is 0 Å². The van der Waals surface area contributed by atoms with Crippen LogP contribution in [0.1, 0.15) is 38.3 Å². The predicted molar refractivity (Wildman–Crippen MR) is 78.1 cm³/mol. The molecule has 102 valence electrons. The largest absolute Gasteiger partial charge is 0.329 e. The van der Waals surface area contributed by atoms with Gasteiger partial charge in [0.15, 0.2) is 0 Å². The van der Waals surface area contributed by atoms with Crippen LogP contribution in [0.4, 0.5) is 4.39 Å². The Morgan fingerprint density at radius 1 is 1.39 bits per heavy atom. The quantitative estimate of drug-likeness (QED) is 0.831. The van der Waals surface area contributed by atoms with E-state index in [0.29, 0.717) is 6.54 Å². The lowest BCUT2D eigenvalue weighted by Crippen LogP contribution is -2.34. The van der Waals surface area contributed by atoms with Gasteiger partial charge in [0, 0.05) is 17.1 Å². The first-order chi connectivity index (χ1) is 8.63. The molecule has 0 heterocycles. The number of hydrogen-bond acceptors (Lipinski definition) is 2. The van der Waals surface area contributed by atoms with E-state index in [2.05, 4.69) is 34.7 Å². The second-order valence-electron chi connectivity index (χ2n) is 4.40. The van der Waals surface area contributed by atoms with Crippen molar-refractivity contribution < 1.29 is 4.39 Å². The van der Waals surface area contributed by atoms with E-state index in [1.165, 1.54) is 18.6 Å². The number of nitrogens with two attached hydrogens (primary N) is 1. The maximum absolute atomic E-state index is 13.1. The second kappa shape index (κ2) is 7.87. The van der Waals surface area contributed by atoms with E-state index < -0.39 is 0 Å². The minimum atomic E-state index is -0.224. The molecule has 1 unspecified atom stereocenters. The molecular weight excluding hydrogens is 295 g/mol. The van der Waals surface area contributed by atoms with Crippen molar-refractivity contribution >= 4 is 15.9 Å². The van der Waals surface area contributed by atoms with Crippen LogP contribution in [0.25, 0.3) is 0 Å². The maximum atomic E-state index is 13.1. The van der Waals surface area contributed by atoms with Gasteiger partial charge in [-0.15, -0.1) is 0 Å². The van der Waals surface area contributed by atoms with Gasteiger partial charge >= 0.3 is 0 Å². The summed E-state index contributed by atoms with van der Waals surface area (Å²) in [4.78, 5) is 2.35. The topological polar surface area (TPSA) is 29.3 Å². The van der Waals surface area contributed by atoms with Gasteiger partial charge in [0.05, 0.1) is 0 Å². The molecule has 0 bridgehead atoms. The summed E-state index contributed by atoms with van der Waals surface area (Å²) in [6, 6.07) is 4.98. The summed E-state index contributed by atoms with van der Waals surface area (Å²) in [7, 11) is 0. The summed E-state index contributed by atoms with van der Waals surface area (Å²) < 4.78 is 13.9. The Morgan fingerprint density at radius 3 is 2.61 bits per heavy atom. The van der Waals surface area contributed by atoms with Gasteiger partial charge in [0.2, 0.25) is 0 Å². The first kappa shape index (κ1) is 15.6. The second-order valence-corrected chi connectivity index (χ2v) is 5.25. The number of unbranched alkanes of at least 4 members (excludes halogenated alkanes) is 1. The number of halogens is 2. The van der Waals surface area contributed by atoms with Gasteiger partial charge < -0.3 is 5.73 Å². The van der Waals surface area contributed by atoms with Gasteiger partial charge in [-0.05, 0) is 37.2 Å². The molecule has 0 saturated heterocycles. The van der Waals surface area contributed by atoms with Crippen LogP contribution in [0.15, 0.2) is 22.7 Å². The summed E-state index contributed by atoms with van der Waals surface area (Å²) >= 11 is 3.43. The summed E-state index contributed by atoms with van der Waals surface area (Å²) in [6.07, 6.45) is 2.32. The summed E-state index contributed by atoms with van der Waals surface area (Å²) in [6.45, 7) is 6.83. The van der Waals surface area contributed by atoms with Crippen molar-refractivity contribution in [3.05, 3.63) is 34.1 Å². The average molecular weight is 317 g/mol. The highest BCUT2D eigenvalue weighted by molar-refractivity contribution is 9.10. The third-order valence-corrected chi connectivity index (χ3v) is 3.88.